The van der Waals surface area contributed by atoms with E-state index in [0.717, 1.165) is 0 Å². The minimum absolute atomic E-state index is 1.17. The van der Waals surface area contributed by atoms with Crippen LogP contribution in [0.15, 0.2) is 84.9 Å². The quantitative estimate of drug-likeness (QED) is 0.193. The standard InChI is InChI=1S/C34H32S2/c1-3-5-9-23-13-17-25(18-14-23)31-21-29-27-11-7-8-12-28(27)30-22-32(36-34(30)33(29)35-31)26-19-15-24(16-20-26)10-6-4-2/h7-8,11-22H,3-6,9-10H2,1-2H3. The van der Waals surface area contributed by atoms with E-state index in [-0.39, 0.29) is 0 Å². The van der Waals surface area contributed by atoms with E-state index in [1.54, 1.807) is 0 Å². The van der Waals surface area contributed by atoms with Crippen LogP contribution in [0, 0.1) is 0 Å². The summed E-state index contributed by atoms with van der Waals surface area (Å²) in [6.45, 7) is 4.52. The number of aryl methyl sites for hydroxylation is 2. The Kier molecular flexibility index (Phi) is 6.65. The maximum Gasteiger partial charge on any atom is 0.0534 e. The molecule has 0 amide bonds. The molecule has 4 aromatic carbocycles. The maximum absolute atomic E-state index is 2.42. The van der Waals surface area contributed by atoms with Crippen molar-refractivity contribution >= 4 is 53.6 Å². The summed E-state index contributed by atoms with van der Waals surface area (Å²) >= 11 is 3.90. The zero-order valence-corrected chi connectivity index (χ0v) is 22.8. The zero-order valence-electron chi connectivity index (χ0n) is 21.1. The molecular formula is C34H32S2. The van der Waals surface area contributed by atoms with Crippen LogP contribution in [0.25, 0.3) is 51.8 Å². The first-order valence-electron chi connectivity index (χ1n) is 13.3. The van der Waals surface area contributed by atoms with Crippen LogP contribution >= 0.6 is 22.7 Å². The summed E-state index contributed by atoms with van der Waals surface area (Å²) in [5, 5.41) is 5.50. The maximum atomic E-state index is 2.42. The minimum Gasteiger partial charge on any atom is -0.134 e. The Morgan fingerprint density at radius 2 is 0.917 bits per heavy atom. The van der Waals surface area contributed by atoms with Gasteiger partial charge >= 0.3 is 0 Å². The molecule has 0 spiro atoms. The normalized spacial score (nSPS) is 11.7. The van der Waals surface area contributed by atoms with E-state index in [9.17, 15) is 0 Å². The summed E-state index contributed by atoms with van der Waals surface area (Å²) in [6.07, 6.45) is 7.35. The molecule has 36 heavy (non-hydrogen) atoms. The molecule has 0 aliphatic carbocycles. The van der Waals surface area contributed by atoms with E-state index in [2.05, 4.69) is 98.8 Å². The summed E-state index contributed by atoms with van der Waals surface area (Å²) in [4.78, 5) is 2.72. The smallest absolute Gasteiger partial charge is 0.0534 e. The van der Waals surface area contributed by atoms with Crippen LogP contribution in [-0.2, 0) is 12.8 Å². The largest absolute Gasteiger partial charge is 0.134 e. The van der Waals surface area contributed by atoms with Gasteiger partial charge in [-0.25, -0.2) is 0 Å². The second-order valence-electron chi connectivity index (χ2n) is 9.85. The van der Waals surface area contributed by atoms with Gasteiger partial charge in [0.2, 0.25) is 0 Å². The number of fused-ring (bicyclic) bond motifs is 6. The summed E-state index contributed by atoms with van der Waals surface area (Å²) in [5.74, 6) is 0. The third-order valence-corrected chi connectivity index (χ3v) is 9.83. The molecule has 0 radical (unpaired) electrons. The Bertz CT molecular complexity index is 1500. The Labute approximate surface area is 222 Å². The molecule has 180 valence electrons. The lowest BCUT2D eigenvalue weighted by atomic mass is 10.0. The van der Waals surface area contributed by atoms with Gasteiger partial charge in [0.1, 0.15) is 0 Å². The van der Waals surface area contributed by atoms with Gasteiger partial charge in [-0.15, -0.1) is 22.7 Å². The highest BCUT2D eigenvalue weighted by atomic mass is 32.1. The summed E-state index contributed by atoms with van der Waals surface area (Å²) in [6, 6.07) is 32.3. The molecule has 6 aromatic rings. The van der Waals surface area contributed by atoms with Crippen molar-refractivity contribution in [3.8, 4) is 20.9 Å². The minimum atomic E-state index is 1.17. The Morgan fingerprint density at radius 1 is 0.500 bits per heavy atom. The van der Waals surface area contributed by atoms with E-state index in [1.807, 2.05) is 22.7 Å². The predicted molar refractivity (Wildman–Crippen MR) is 163 cm³/mol. The zero-order chi connectivity index (χ0) is 24.5. The van der Waals surface area contributed by atoms with Gasteiger partial charge in [-0.1, -0.05) is 99.5 Å². The van der Waals surface area contributed by atoms with Gasteiger partial charge in [-0.3, -0.25) is 0 Å². The van der Waals surface area contributed by atoms with Gasteiger partial charge in [0.05, 0.1) is 9.40 Å². The van der Waals surface area contributed by atoms with Crippen molar-refractivity contribution in [2.45, 2.75) is 52.4 Å². The lowest BCUT2D eigenvalue weighted by Crippen LogP contribution is -1.83. The van der Waals surface area contributed by atoms with Crippen LogP contribution in [-0.4, -0.2) is 0 Å². The Balaban J connectivity index is 1.46. The van der Waals surface area contributed by atoms with Gasteiger partial charge in [-0.05, 0) is 70.8 Å². The van der Waals surface area contributed by atoms with Crippen LogP contribution in [0.5, 0.6) is 0 Å². The van der Waals surface area contributed by atoms with Crippen LogP contribution < -0.4 is 0 Å². The average Bonchev–Trinajstić information content (AvgIpc) is 3.57. The Morgan fingerprint density at radius 3 is 1.31 bits per heavy atom. The molecule has 2 heterocycles. The highest BCUT2D eigenvalue weighted by Gasteiger charge is 2.16. The molecule has 0 aliphatic heterocycles. The van der Waals surface area contributed by atoms with Crippen molar-refractivity contribution in [1.82, 2.24) is 0 Å². The fraction of sp³-hybridized carbons (Fsp3) is 0.235. The van der Waals surface area contributed by atoms with Gasteiger partial charge in [-0.2, -0.15) is 0 Å². The average molecular weight is 505 g/mol. The molecule has 0 fully saturated rings. The molecular weight excluding hydrogens is 473 g/mol. The van der Waals surface area contributed by atoms with Crippen LogP contribution in [0.3, 0.4) is 0 Å². The fourth-order valence-corrected chi connectivity index (χ4v) is 7.70. The summed E-state index contributed by atoms with van der Waals surface area (Å²) in [7, 11) is 0. The second kappa shape index (κ2) is 10.2. The third kappa shape index (κ3) is 4.38. The molecule has 0 bridgehead atoms. The highest BCUT2D eigenvalue weighted by molar-refractivity contribution is 7.30. The van der Waals surface area contributed by atoms with Crippen molar-refractivity contribution in [2.24, 2.45) is 0 Å². The first-order valence-corrected chi connectivity index (χ1v) is 14.9. The molecule has 0 saturated heterocycles. The first kappa shape index (κ1) is 23.5. The van der Waals surface area contributed by atoms with Crippen molar-refractivity contribution in [1.29, 1.82) is 0 Å². The van der Waals surface area contributed by atoms with Gasteiger partial charge < -0.3 is 0 Å². The van der Waals surface area contributed by atoms with Crippen LogP contribution in [0.2, 0.25) is 0 Å². The van der Waals surface area contributed by atoms with Crippen LogP contribution in [0.1, 0.15) is 50.7 Å². The monoisotopic (exact) mass is 504 g/mol. The number of thiophene rings is 2. The number of rotatable bonds is 8. The molecule has 0 nitrogen and oxygen atoms in total. The molecule has 0 atom stereocenters. The van der Waals surface area contributed by atoms with E-state index in [0.29, 0.717) is 0 Å². The SMILES string of the molecule is CCCCc1ccc(-c2cc3c4ccccc4c4cc(-c5ccc(CCCC)cc5)sc4c3s2)cc1. The third-order valence-electron chi connectivity index (χ3n) is 7.29. The number of unbranched alkanes of at least 4 members (excludes halogenated alkanes) is 2. The van der Waals surface area contributed by atoms with E-state index >= 15 is 0 Å². The Hall–Kier alpha value is -2.94. The summed E-state index contributed by atoms with van der Waals surface area (Å²) in [5.41, 5.74) is 5.54. The fourth-order valence-electron chi connectivity index (χ4n) is 5.19. The molecule has 0 aliphatic rings. The second-order valence-corrected chi connectivity index (χ2v) is 12.0. The predicted octanol–water partition coefficient (Wildman–Crippen LogP) is 11.3. The molecule has 0 N–H and O–H groups in total. The van der Waals surface area contributed by atoms with E-state index in [1.165, 1.54) is 101 Å². The van der Waals surface area contributed by atoms with Gasteiger partial charge in [0.15, 0.2) is 0 Å². The molecule has 0 saturated carbocycles. The van der Waals surface area contributed by atoms with Gasteiger partial charge in [0.25, 0.3) is 0 Å². The topological polar surface area (TPSA) is 0 Å². The number of benzene rings is 4. The number of hydrogen-bond acceptors (Lipinski definition) is 2. The van der Waals surface area contributed by atoms with E-state index in [4.69, 9.17) is 0 Å². The van der Waals surface area contributed by atoms with E-state index < -0.39 is 0 Å². The molecule has 6 rings (SSSR count). The number of hydrogen-bond donors (Lipinski definition) is 0. The molecule has 2 heteroatoms. The highest BCUT2D eigenvalue weighted by Crippen LogP contribution is 2.47. The lowest BCUT2D eigenvalue weighted by Gasteiger charge is -2.02. The van der Waals surface area contributed by atoms with Crippen LogP contribution in [0.4, 0.5) is 0 Å². The van der Waals surface area contributed by atoms with Crippen molar-refractivity contribution < 1.29 is 0 Å². The van der Waals surface area contributed by atoms with Gasteiger partial charge in [0, 0.05) is 20.5 Å². The van der Waals surface area contributed by atoms with Crippen molar-refractivity contribution in [3.63, 3.8) is 0 Å². The first-order chi connectivity index (χ1) is 17.7. The van der Waals surface area contributed by atoms with Crippen molar-refractivity contribution in [3.05, 3.63) is 96.1 Å². The molecule has 0 unspecified atom stereocenters. The molecule has 2 aromatic heterocycles. The lowest BCUT2D eigenvalue weighted by molar-refractivity contribution is 0.795. The summed E-state index contributed by atoms with van der Waals surface area (Å²) < 4.78 is 2.84. The van der Waals surface area contributed by atoms with Crippen molar-refractivity contribution in [2.75, 3.05) is 0 Å².